The molecule has 9 nitrogen and oxygen atoms in total. The summed E-state index contributed by atoms with van der Waals surface area (Å²) in [7, 11) is 2.39. The first-order valence-electron chi connectivity index (χ1n) is 8.62. The van der Waals surface area contributed by atoms with Crippen LogP contribution in [0, 0.1) is 0 Å². The smallest absolute Gasteiger partial charge is 0.331 e. The van der Waals surface area contributed by atoms with Gasteiger partial charge in [-0.1, -0.05) is 12.2 Å². The zero-order chi connectivity index (χ0) is 20.9. The summed E-state index contributed by atoms with van der Waals surface area (Å²) in [5.74, 6) is -2.77. The predicted octanol–water partition coefficient (Wildman–Crippen LogP) is 0.552. The minimum atomic E-state index is -0.714. The van der Waals surface area contributed by atoms with Crippen molar-refractivity contribution in [1.82, 2.24) is 4.90 Å². The average Bonchev–Trinajstić information content (AvgIpc) is 2.70. The van der Waals surface area contributed by atoms with E-state index in [0.29, 0.717) is 13.1 Å². The van der Waals surface area contributed by atoms with Crippen LogP contribution in [-0.4, -0.2) is 75.3 Å². The van der Waals surface area contributed by atoms with Gasteiger partial charge in [-0.25, -0.2) is 19.2 Å². The normalized spacial score (nSPS) is 15.0. The van der Waals surface area contributed by atoms with Gasteiger partial charge in [0.05, 0.1) is 20.3 Å². The molecule has 0 atom stereocenters. The van der Waals surface area contributed by atoms with Crippen LogP contribution in [0.15, 0.2) is 36.5 Å². The third-order valence-corrected chi connectivity index (χ3v) is 3.97. The topological polar surface area (TPSA) is 108 Å². The first-order valence-corrected chi connectivity index (χ1v) is 8.62. The molecule has 0 N–H and O–H groups in total. The number of nitrogens with zero attached hydrogens (tertiary/aromatic N) is 1. The molecule has 0 aromatic rings. The highest BCUT2D eigenvalue weighted by molar-refractivity contribution is 5.92. The molecule has 0 aromatic heterocycles. The minimum absolute atomic E-state index is 0.0369. The molecule has 0 aromatic carbocycles. The second-order valence-corrected chi connectivity index (χ2v) is 5.91. The summed E-state index contributed by atoms with van der Waals surface area (Å²) >= 11 is 0. The highest BCUT2D eigenvalue weighted by Gasteiger charge is 2.24. The van der Waals surface area contributed by atoms with E-state index < -0.39 is 23.9 Å². The quantitative estimate of drug-likeness (QED) is 0.239. The number of carbonyl (C=O) groups is 4. The number of likely N-dealkylation sites (tertiary alicyclic amines) is 1. The maximum Gasteiger partial charge on any atom is 0.331 e. The Morgan fingerprint density at radius 1 is 0.857 bits per heavy atom. The molecule has 0 saturated carbocycles. The van der Waals surface area contributed by atoms with Crippen LogP contribution in [0.4, 0.5) is 0 Å². The van der Waals surface area contributed by atoms with Crippen molar-refractivity contribution in [3.05, 3.63) is 36.5 Å². The number of hydrogen-bond donors (Lipinski definition) is 0. The van der Waals surface area contributed by atoms with Crippen molar-refractivity contribution in [3.63, 3.8) is 0 Å². The van der Waals surface area contributed by atoms with Crippen molar-refractivity contribution < 1.29 is 38.1 Å². The molecule has 0 unspecified atom stereocenters. The number of esters is 4. The van der Waals surface area contributed by atoms with E-state index in [9.17, 15) is 19.2 Å². The van der Waals surface area contributed by atoms with Gasteiger partial charge >= 0.3 is 23.9 Å². The second kappa shape index (κ2) is 12.4. The lowest BCUT2D eigenvalue weighted by Gasteiger charge is -2.34. The van der Waals surface area contributed by atoms with Crippen molar-refractivity contribution in [3.8, 4) is 0 Å². The summed E-state index contributed by atoms with van der Waals surface area (Å²) in [6.07, 6.45) is 5.43. The standard InChI is InChI=1S/C19H25NO8/c1-14-8-10-20(11-9-14)15(12-27-18(23)6-4-16(21)25-2)13-28-19(24)7-5-17(22)26-3/h4-7,15H,1,8-13H2,2-3H3/b6-4+,7-5+. The molecule has 9 heteroatoms. The summed E-state index contributed by atoms with van der Waals surface area (Å²) in [4.78, 5) is 47.5. The maximum atomic E-state index is 11.7. The summed E-state index contributed by atoms with van der Waals surface area (Å²) < 4.78 is 19.1. The fraction of sp³-hybridized carbons (Fsp3) is 0.474. The number of piperidine rings is 1. The van der Waals surface area contributed by atoms with Crippen LogP contribution in [0.3, 0.4) is 0 Å². The Bertz CT molecular complexity index is 600. The van der Waals surface area contributed by atoms with Gasteiger partial charge in [0, 0.05) is 37.4 Å². The lowest BCUT2D eigenvalue weighted by atomic mass is 10.0. The summed E-state index contributed by atoms with van der Waals surface area (Å²) in [6.45, 7) is 5.26. The highest BCUT2D eigenvalue weighted by Crippen LogP contribution is 2.17. The molecule has 1 saturated heterocycles. The van der Waals surface area contributed by atoms with Gasteiger partial charge in [-0.2, -0.15) is 0 Å². The predicted molar refractivity (Wildman–Crippen MR) is 98.0 cm³/mol. The van der Waals surface area contributed by atoms with Gasteiger partial charge in [-0.3, -0.25) is 4.90 Å². The SMILES string of the molecule is C=C1CCN(C(COC(=O)/C=C/C(=O)OC)COC(=O)/C=C/C(=O)OC)CC1. The molecule has 154 valence electrons. The summed E-state index contributed by atoms with van der Waals surface area (Å²) in [5.41, 5.74) is 1.13. The maximum absolute atomic E-state index is 11.7. The van der Waals surface area contributed by atoms with E-state index in [4.69, 9.17) is 9.47 Å². The van der Waals surface area contributed by atoms with Gasteiger partial charge in [0.2, 0.25) is 0 Å². The lowest BCUT2D eigenvalue weighted by Crippen LogP contribution is -2.45. The Morgan fingerprint density at radius 2 is 1.25 bits per heavy atom. The average molecular weight is 395 g/mol. The fourth-order valence-electron chi connectivity index (χ4n) is 2.33. The molecule has 28 heavy (non-hydrogen) atoms. The Kier molecular flexibility index (Phi) is 10.3. The largest absolute Gasteiger partial charge is 0.466 e. The first kappa shape index (κ1) is 23.1. The second-order valence-electron chi connectivity index (χ2n) is 5.91. The van der Waals surface area contributed by atoms with Gasteiger partial charge < -0.3 is 18.9 Å². The van der Waals surface area contributed by atoms with Crippen LogP contribution in [0.2, 0.25) is 0 Å². The summed E-state index contributed by atoms with van der Waals surface area (Å²) in [6, 6.07) is -0.376. The van der Waals surface area contributed by atoms with Gasteiger partial charge in [0.15, 0.2) is 0 Å². The Labute approximate surface area is 163 Å². The van der Waals surface area contributed by atoms with Crippen molar-refractivity contribution in [2.75, 3.05) is 40.5 Å². The molecule has 0 radical (unpaired) electrons. The van der Waals surface area contributed by atoms with Gasteiger partial charge in [-0.05, 0) is 12.8 Å². The molecule has 1 rings (SSSR count). The van der Waals surface area contributed by atoms with Crippen LogP contribution >= 0.6 is 0 Å². The molecular weight excluding hydrogens is 370 g/mol. The van der Waals surface area contributed by atoms with E-state index in [-0.39, 0.29) is 19.3 Å². The molecule has 1 heterocycles. The highest BCUT2D eigenvalue weighted by atomic mass is 16.6. The number of methoxy groups -OCH3 is 2. The third-order valence-electron chi connectivity index (χ3n) is 3.97. The molecule has 1 aliphatic rings. The number of rotatable bonds is 9. The van der Waals surface area contributed by atoms with Crippen molar-refractivity contribution in [2.24, 2.45) is 0 Å². The van der Waals surface area contributed by atoms with E-state index >= 15 is 0 Å². The van der Waals surface area contributed by atoms with E-state index in [1.165, 1.54) is 14.2 Å². The van der Waals surface area contributed by atoms with E-state index in [1.807, 2.05) is 4.90 Å². The molecule has 0 bridgehead atoms. The van der Waals surface area contributed by atoms with E-state index in [1.54, 1.807) is 0 Å². The van der Waals surface area contributed by atoms with Crippen molar-refractivity contribution >= 4 is 23.9 Å². The molecule has 1 aliphatic heterocycles. The Balaban J connectivity index is 2.62. The monoisotopic (exact) mass is 395 g/mol. The lowest BCUT2D eigenvalue weighted by molar-refractivity contribution is -0.145. The Hall–Kier alpha value is -2.94. The molecule has 0 spiro atoms. The first-order chi connectivity index (χ1) is 13.3. The third kappa shape index (κ3) is 9.13. The number of ether oxygens (including phenoxy) is 4. The van der Waals surface area contributed by atoms with Crippen LogP contribution in [0.25, 0.3) is 0 Å². The van der Waals surface area contributed by atoms with Crippen LogP contribution in [0.1, 0.15) is 12.8 Å². The molecule has 0 aliphatic carbocycles. The van der Waals surface area contributed by atoms with Gasteiger partial charge in [0.25, 0.3) is 0 Å². The van der Waals surface area contributed by atoms with Crippen LogP contribution in [0.5, 0.6) is 0 Å². The van der Waals surface area contributed by atoms with Gasteiger partial charge in [0.1, 0.15) is 13.2 Å². The zero-order valence-electron chi connectivity index (χ0n) is 16.0. The minimum Gasteiger partial charge on any atom is -0.466 e. The van der Waals surface area contributed by atoms with Crippen LogP contribution in [-0.2, 0) is 38.1 Å². The zero-order valence-corrected chi connectivity index (χ0v) is 16.0. The van der Waals surface area contributed by atoms with E-state index in [2.05, 4.69) is 16.1 Å². The Morgan fingerprint density at radius 3 is 1.64 bits per heavy atom. The van der Waals surface area contributed by atoms with Crippen molar-refractivity contribution in [1.29, 1.82) is 0 Å². The fourth-order valence-corrected chi connectivity index (χ4v) is 2.33. The number of carbonyl (C=O) groups excluding carboxylic acids is 4. The van der Waals surface area contributed by atoms with E-state index in [0.717, 1.165) is 42.7 Å². The molecule has 0 amide bonds. The van der Waals surface area contributed by atoms with Crippen LogP contribution < -0.4 is 0 Å². The summed E-state index contributed by atoms with van der Waals surface area (Å²) in [5, 5.41) is 0. The molecular formula is C19H25NO8. The van der Waals surface area contributed by atoms with Gasteiger partial charge in [-0.15, -0.1) is 0 Å². The number of hydrogen-bond acceptors (Lipinski definition) is 9. The van der Waals surface area contributed by atoms with Crippen molar-refractivity contribution in [2.45, 2.75) is 18.9 Å². The molecule has 1 fully saturated rings.